The van der Waals surface area contributed by atoms with Crippen LogP contribution in [0.25, 0.3) is 0 Å². The predicted octanol–water partition coefficient (Wildman–Crippen LogP) is 3.73. The van der Waals surface area contributed by atoms with E-state index in [1.165, 1.54) is 42.4 Å². The van der Waals surface area contributed by atoms with Gasteiger partial charge < -0.3 is 5.32 Å². The minimum atomic E-state index is 0.456. The first kappa shape index (κ1) is 11.7. The Morgan fingerprint density at radius 2 is 2.00 bits per heavy atom. The fraction of sp³-hybridized carbons (Fsp3) is 0.600. The van der Waals surface area contributed by atoms with Gasteiger partial charge in [-0.25, -0.2) is 0 Å². The van der Waals surface area contributed by atoms with E-state index in [0.29, 0.717) is 5.54 Å². The molecule has 0 aliphatic heterocycles. The van der Waals surface area contributed by atoms with E-state index in [0.717, 1.165) is 6.54 Å². The fourth-order valence-electron chi connectivity index (χ4n) is 2.59. The van der Waals surface area contributed by atoms with Gasteiger partial charge in [0.05, 0.1) is 0 Å². The number of aryl methyl sites for hydroxylation is 2. The van der Waals surface area contributed by atoms with Crippen molar-refractivity contribution in [2.75, 3.05) is 0 Å². The van der Waals surface area contributed by atoms with E-state index < -0.39 is 0 Å². The summed E-state index contributed by atoms with van der Waals surface area (Å²) in [5.74, 6) is 0. The minimum absolute atomic E-state index is 0.456. The second-order valence-corrected chi connectivity index (χ2v) is 5.27. The van der Waals surface area contributed by atoms with E-state index >= 15 is 0 Å². The minimum Gasteiger partial charge on any atom is -0.307 e. The summed E-state index contributed by atoms with van der Waals surface area (Å²) in [6.07, 6.45) is 5.37. The van der Waals surface area contributed by atoms with Gasteiger partial charge in [0.25, 0.3) is 0 Å². The standard InChI is InChI=1S/C15H23N/c1-4-15(8-5-9-15)16-11-14-7-6-12(2)10-13(14)3/h6-7,10,16H,4-5,8-9,11H2,1-3H3. The Morgan fingerprint density at radius 3 is 2.50 bits per heavy atom. The lowest BCUT2D eigenvalue weighted by atomic mass is 9.75. The molecule has 0 radical (unpaired) electrons. The molecule has 1 aliphatic carbocycles. The molecule has 0 saturated heterocycles. The van der Waals surface area contributed by atoms with Crippen molar-refractivity contribution < 1.29 is 0 Å². The third-order valence-electron chi connectivity index (χ3n) is 4.14. The first-order chi connectivity index (χ1) is 7.65. The van der Waals surface area contributed by atoms with E-state index in [9.17, 15) is 0 Å². The molecule has 0 unspecified atom stereocenters. The van der Waals surface area contributed by atoms with E-state index in [2.05, 4.69) is 44.3 Å². The van der Waals surface area contributed by atoms with Gasteiger partial charge in [-0.1, -0.05) is 30.7 Å². The molecule has 1 nitrogen and oxygen atoms in total. The maximum atomic E-state index is 3.76. The van der Waals surface area contributed by atoms with Crippen LogP contribution in [0.15, 0.2) is 18.2 Å². The number of nitrogens with one attached hydrogen (secondary N) is 1. The SMILES string of the molecule is CCC1(NCc2ccc(C)cc2C)CCC1. The van der Waals surface area contributed by atoms with Crippen molar-refractivity contribution in [3.63, 3.8) is 0 Å². The molecule has 0 aromatic heterocycles. The highest BCUT2D eigenvalue weighted by atomic mass is 15.0. The van der Waals surface area contributed by atoms with Crippen LogP contribution in [0.2, 0.25) is 0 Å². The van der Waals surface area contributed by atoms with E-state index in [4.69, 9.17) is 0 Å². The van der Waals surface area contributed by atoms with Crippen LogP contribution in [-0.4, -0.2) is 5.54 Å². The molecule has 16 heavy (non-hydrogen) atoms. The third kappa shape index (κ3) is 2.30. The molecule has 0 atom stereocenters. The molecule has 1 saturated carbocycles. The van der Waals surface area contributed by atoms with Gasteiger partial charge in [0, 0.05) is 12.1 Å². The molecular formula is C15H23N. The van der Waals surface area contributed by atoms with E-state index in [-0.39, 0.29) is 0 Å². The maximum absolute atomic E-state index is 3.76. The average molecular weight is 217 g/mol. The Labute approximate surface area is 99.3 Å². The van der Waals surface area contributed by atoms with E-state index in [1.54, 1.807) is 0 Å². The first-order valence-corrected chi connectivity index (χ1v) is 6.46. The highest BCUT2D eigenvalue weighted by molar-refractivity contribution is 5.30. The Kier molecular flexibility index (Phi) is 3.34. The quantitative estimate of drug-likeness (QED) is 0.810. The normalized spacial score (nSPS) is 18.2. The summed E-state index contributed by atoms with van der Waals surface area (Å²) in [6.45, 7) is 7.70. The number of hydrogen-bond acceptors (Lipinski definition) is 1. The van der Waals surface area contributed by atoms with Crippen molar-refractivity contribution in [3.8, 4) is 0 Å². The van der Waals surface area contributed by atoms with Crippen LogP contribution in [-0.2, 0) is 6.54 Å². The summed E-state index contributed by atoms with van der Waals surface area (Å²) in [5.41, 5.74) is 4.68. The molecule has 1 aromatic rings. The zero-order valence-corrected chi connectivity index (χ0v) is 10.8. The smallest absolute Gasteiger partial charge is 0.0213 e. The van der Waals surface area contributed by atoms with Gasteiger partial charge in [-0.05, 0) is 50.7 Å². The molecule has 1 fully saturated rings. The second-order valence-electron chi connectivity index (χ2n) is 5.27. The summed E-state index contributed by atoms with van der Waals surface area (Å²) in [5, 5.41) is 3.76. The molecule has 0 spiro atoms. The molecule has 0 heterocycles. The second kappa shape index (κ2) is 4.58. The van der Waals surface area contributed by atoms with Gasteiger partial charge in [0.1, 0.15) is 0 Å². The van der Waals surface area contributed by atoms with Crippen molar-refractivity contribution in [2.24, 2.45) is 0 Å². The summed E-state index contributed by atoms with van der Waals surface area (Å²) in [4.78, 5) is 0. The monoisotopic (exact) mass is 217 g/mol. The fourth-order valence-corrected chi connectivity index (χ4v) is 2.59. The molecule has 1 aliphatic rings. The van der Waals surface area contributed by atoms with Gasteiger partial charge in [0.15, 0.2) is 0 Å². The summed E-state index contributed by atoms with van der Waals surface area (Å²) >= 11 is 0. The lowest BCUT2D eigenvalue weighted by Crippen LogP contribution is -2.49. The molecule has 1 aromatic carbocycles. The first-order valence-electron chi connectivity index (χ1n) is 6.46. The topological polar surface area (TPSA) is 12.0 Å². The van der Waals surface area contributed by atoms with Crippen LogP contribution in [0, 0.1) is 13.8 Å². The molecule has 0 bridgehead atoms. The van der Waals surface area contributed by atoms with Crippen LogP contribution in [0.1, 0.15) is 49.3 Å². The highest BCUT2D eigenvalue weighted by Gasteiger charge is 2.34. The van der Waals surface area contributed by atoms with Crippen molar-refractivity contribution in [2.45, 2.75) is 58.5 Å². The Morgan fingerprint density at radius 1 is 1.25 bits per heavy atom. The van der Waals surface area contributed by atoms with Gasteiger partial charge >= 0.3 is 0 Å². The Balaban J connectivity index is 1.99. The van der Waals surface area contributed by atoms with Crippen molar-refractivity contribution in [1.29, 1.82) is 0 Å². The van der Waals surface area contributed by atoms with Crippen LogP contribution in [0.5, 0.6) is 0 Å². The van der Waals surface area contributed by atoms with Crippen molar-refractivity contribution >= 4 is 0 Å². The van der Waals surface area contributed by atoms with Crippen molar-refractivity contribution in [1.82, 2.24) is 5.32 Å². The van der Waals surface area contributed by atoms with Gasteiger partial charge in [0.2, 0.25) is 0 Å². The van der Waals surface area contributed by atoms with Crippen LogP contribution in [0.4, 0.5) is 0 Å². The molecule has 1 N–H and O–H groups in total. The Hall–Kier alpha value is -0.820. The van der Waals surface area contributed by atoms with Crippen LogP contribution in [0.3, 0.4) is 0 Å². The number of hydrogen-bond donors (Lipinski definition) is 1. The molecule has 2 rings (SSSR count). The van der Waals surface area contributed by atoms with Crippen LogP contribution < -0.4 is 5.32 Å². The largest absolute Gasteiger partial charge is 0.307 e. The van der Waals surface area contributed by atoms with E-state index in [1.807, 2.05) is 0 Å². The van der Waals surface area contributed by atoms with Crippen LogP contribution >= 0.6 is 0 Å². The average Bonchev–Trinajstić information content (AvgIpc) is 2.19. The maximum Gasteiger partial charge on any atom is 0.0213 e. The number of benzene rings is 1. The molecule has 0 amide bonds. The lowest BCUT2D eigenvalue weighted by Gasteiger charge is -2.42. The summed E-state index contributed by atoms with van der Waals surface area (Å²) < 4.78 is 0. The zero-order chi connectivity index (χ0) is 11.6. The predicted molar refractivity (Wildman–Crippen MR) is 69.6 cm³/mol. The number of rotatable bonds is 4. The van der Waals surface area contributed by atoms with Gasteiger partial charge in [-0.3, -0.25) is 0 Å². The summed E-state index contributed by atoms with van der Waals surface area (Å²) in [6, 6.07) is 6.75. The van der Waals surface area contributed by atoms with Gasteiger partial charge in [-0.2, -0.15) is 0 Å². The lowest BCUT2D eigenvalue weighted by molar-refractivity contribution is 0.175. The highest BCUT2D eigenvalue weighted by Crippen LogP contribution is 2.34. The zero-order valence-electron chi connectivity index (χ0n) is 10.8. The molecule has 88 valence electrons. The molecule has 1 heteroatoms. The van der Waals surface area contributed by atoms with Gasteiger partial charge in [-0.15, -0.1) is 0 Å². The summed E-state index contributed by atoms with van der Waals surface area (Å²) in [7, 11) is 0. The van der Waals surface area contributed by atoms with Crippen molar-refractivity contribution in [3.05, 3.63) is 34.9 Å². The molecular weight excluding hydrogens is 194 g/mol. The Bertz CT molecular complexity index is 358. The third-order valence-corrected chi connectivity index (χ3v) is 4.14.